The van der Waals surface area contributed by atoms with Crippen molar-refractivity contribution in [2.45, 2.75) is 30.6 Å². The number of halogens is 2. The monoisotopic (exact) mass is 285 g/mol. The first-order valence-electron chi connectivity index (χ1n) is 5.84. The summed E-state index contributed by atoms with van der Waals surface area (Å²) >= 11 is 6.79. The Morgan fingerprint density at radius 1 is 1.33 bits per heavy atom. The fourth-order valence-electron chi connectivity index (χ4n) is 1.80. The lowest BCUT2D eigenvalue weighted by molar-refractivity contribution is 0.624. The maximum atomic E-state index is 13.0. The lowest BCUT2D eigenvalue weighted by Gasteiger charge is -2.13. The Balaban J connectivity index is 0.000000163. The Kier molecular flexibility index (Phi) is 2.90. The van der Waals surface area contributed by atoms with Crippen molar-refractivity contribution in [2.24, 2.45) is 16.1 Å². The van der Waals surface area contributed by atoms with Crippen molar-refractivity contribution in [3.8, 4) is 0 Å². The van der Waals surface area contributed by atoms with Gasteiger partial charge >= 0.3 is 0 Å². The van der Waals surface area contributed by atoms with Gasteiger partial charge in [-0.2, -0.15) is 0 Å². The molecule has 3 nitrogen and oxygen atoms in total. The fourth-order valence-corrected chi connectivity index (χ4v) is 2.59. The van der Waals surface area contributed by atoms with Crippen molar-refractivity contribution in [2.75, 3.05) is 0 Å². The third-order valence-electron chi connectivity index (χ3n) is 3.42. The van der Waals surface area contributed by atoms with Crippen LogP contribution in [0.3, 0.4) is 0 Å². The Bertz CT molecular complexity index is 511. The van der Waals surface area contributed by atoms with Crippen molar-refractivity contribution < 1.29 is 4.39 Å². The van der Waals surface area contributed by atoms with Gasteiger partial charge in [-0.25, -0.2) is 9.38 Å². The fraction of sp³-hybridized carbons (Fsp3) is 0.417. The summed E-state index contributed by atoms with van der Waals surface area (Å²) < 4.78 is 15.7. The first-order valence-corrected chi connectivity index (χ1v) is 7.04. The predicted octanol–water partition coefficient (Wildman–Crippen LogP) is 3.60. The summed E-state index contributed by atoms with van der Waals surface area (Å²) in [5, 5.41) is 0.0535. The summed E-state index contributed by atoms with van der Waals surface area (Å²) in [4.78, 5) is 4.64. The summed E-state index contributed by atoms with van der Waals surface area (Å²) in [6, 6.07) is 2.78. The summed E-state index contributed by atoms with van der Waals surface area (Å²) in [5.74, 6) is -0.162. The Hall–Kier alpha value is -0.940. The average molecular weight is 286 g/mol. The molecule has 4 rings (SSSR count). The predicted molar refractivity (Wildman–Crippen MR) is 72.6 cm³/mol. The highest BCUT2D eigenvalue weighted by Gasteiger charge is 2.52. The minimum atomic E-state index is -0.453. The van der Waals surface area contributed by atoms with Crippen LogP contribution in [0.1, 0.15) is 25.7 Å². The van der Waals surface area contributed by atoms with Crippen molar-refractivity contribution in [1.29, 1.82) is 0 Å². The summed E-state index contributed by atoms with van der Waals surface area (Å²) in [7, 11) is 0. The third kappa shape index (κ3) is 2.57. The van der Waals surface area contributed by atoms with Crippen LogP contribution in [0, 0.1) is 11.2 Å². The van der Waals surface area contributed by atoms with Gasteiger partial charge in [-0.3, -0.25) is 4.72 Å². The van der Waals surface area contributed by atoms with Crippen LogP contribution in [0.25, 0.3) is 0 Å². The number of hydrogen-bond acceptors (Lipinski definition) is 4. The number of nitrogens with zero attached hydrogens (tertiary/aromatic N) is 1. The molecule has 3 N–H and O–H groups in total. The Morgan fingerprint density at radius 2 is 2.00 bits per heavy atom. The Morgan fingerprint density at radius 3 is 2.56 bits per heavy atom. The smallest absolute Gasteiger partial charge is 0.204 e. The molecule has 2 fully saturated rings. The lowest BCUT2D eigenvalue weighted by atomic mass is 10.3. The second-order valence-electron chi connectivity index (χ2n) is 4.94. The van der Waals surface area contributed by atoms with Gasteiger partial charge < -0.3 is 5.73 Å². The second-order valence-corrected chi connectivity index (χ2v) is 6.19. The topological polar surface area (TPSA) is 50.4 Å². The van der Waals surface area contributed by atoms with Gasteiger partial charge in [0, 0.05) is 0 Å². The number of hydrogen-bond donors (Lipinski definition) is 2. The maximum Gasteiger partial charge on any atom is 0.204 e. The van der Waals surface area contributed by atoms with E-state index in [2.05, 4.69) is 9.71 Å². The molecule has 3 aliphatic rings. The zero-order valence-corrected chi connectivity index (χ0v) is 11.2. The summed E-state index contributed by atoms with van der Waals surface area (Å²) in [6.07, 6.45) is 6.25. The average Bonchev–Trinajstić information content (AvgIpc) is 3.25. The molecule has 2 saturated carbocycles. The number of nitrogens with one attached hydrogen (secondary N) is 1. The number of nitrogens with two attached hydrogens (primary N) is 1. The molecule has 0 radical (unpaired) electrons. The molecule has 0 aromatic heterocycles. The molecule has 96 valence electrons. The highest BCUT2D eigenvalue weighted by molar-refractivity contribution is 7.98. The van der Waals surface area contributed by atoms with E-state index < -0.39 is 5.82 Å². The van der Waals surface area contributed by atoms with E-state index in [9.17, 15) is 4.39 Å². The van der Waals surface area contributed by atoms with Crippen molar-refractivity contribution in [3.63, 3.8) is 0 Å². The first kappa shape index (κ1) is 12.1. The molecule has 0 saturated heterocycles. The quantitative estimate of drug-likeness (QED) is 0.716. The van der Waals surface area contributed by atoms with E-state index >= 15 is 0 Å². The first-order chi connectivity index (χ1) is 8.58. The van der Waals surface area contributed by atoms with Gasteiger partial charge in [0.25, 0.3) is 0 Å². The van der Waals surface area contributed by atoms with Crippen molar-refractivity contribution in [3.05, 3.63) is 23.0 Å². The van der Waals surface area contributed by atoms with Gasteiger partial charge in [0.2, 0.25) is 5.96 Å². The molecular weight excluding hydrogens is 273 g/mol. The van der Waals surface area contributed by atoms with E-state index in [1.165, 1.54) is 24.1 Å². The number of rotatable bonds is 0. The van der Waals surface area contributed by atoms with E-state index in [-0.39, 0.29) is 5.02 Å². The second kappa shape index (κ2) is 4.31. The molecule has 6 heteroatoms. The third-order valence-corrected chi connectivity index (χ3v) is 4.57. The molecule has 1 heterocycles. The van der Waals surface area contributed by atoms with Crippen LogP contribution < -0.4 is 10.5 Å². The van der Waals surface area contributed by atoms with E-state index in [1.54, 1.807) is 25.7 Å². The van der Waals surface area contributed by atoms with Crippen LogP contribution in [0.5, 0.6) is 0 Å². The summed E-state index contributed by atoms with van der Waals surface area (Å²) in [6.45, 7) is 0. The Labute approximate surface area is 114 Å². The zero-order chi connectivity index (χ0) is 12.8. The highest BCUT2D eigenvalue weighted by atomic mass is 35.5. The van der Waals surface area contributed by atoms with Crippen molar-refractivity contribution in [1.82, 2.24) is 4.72 Å². The molecular formula is C12H13ClFN3S. The molecule has 0 amide bonds. The maximum absolute atomic E-state index is 13.0. The minimum Gasteiger partial charge on any atom is -0.369 e. The number of guanidine groups is 1. The molecule has 2 aliphatic carbocycles. The number of aliphatic imine (C=N–C) groups is 1. The molecule has 1 aromatic carbocycles. The van der Waals surface area contributed by atoms with Gasteiger partial charge in [-0.15, -0.1) is 0 Å². The van der Waals surface area contributed by atoms with Gasteiger partial charge in [0.15, 0.2) is 0 Å². The van der Waals surface area contributed by atoms with Crippen LogP contribution in [-0.4, -0.2) is 5.96 Å². The van der Waals surface area contributed by atoms with E-state index in [1.807, 2.05) is 0 Å². The molecule has 1 aliphatic heterocycles. The number of benzene rings is 1. The van der Waals surface area contributed by atoms with Crippen molar-refractivity contribution >= 4 is 35.2 Å². The lowest BCUT2D eigenvalue weighted by Crippen LogP contribution is -2.27. The van der Waals surface area contributed by atoms with E-state index in [0.29, 0.717) is 16.5 Å². The van der Waals surface area contributed by atoms with Gasteiger partial charge in [0.05, 0.1) is 15.6 Å². The van der Waals surface area contributed by atoms with Crippen LogP contribution in [0.4, 0.5) is 10.1 Å². The van der Waals surface area contributed by atoms with Crippen LogP contribution in [0.2, 0.25) is 5.02 Å². The molecule has 1 spiro atoms. The summed E-state index contributed by atoms with van der Waals surface area (Å²) in [5.41, 5.74) is 7.01. The largest absolute Gasteiger partial charge is 0.369 e. The van der Waals surface area contributed by atoms with Crippen LogP contribution in [-0.2, 0) is 0 Å². The van der Waals surface area contributed by atoms with Crippen LogP contribution >= 0.6 is 23.5 Å². The molecule has 18 heavy (non-hydrogen) atoms. The standard InChI is InChI=1S/C7H5ClFN3S.C5H8/c8-3-1-5-6(2-4(3)9)13-12-7(10)11-5;1-2-5(1)3-4-5/h1-2H,(H3,10,11,12);1-4H2. The number of fused-ring (bicyclic) bond motifs is 1. The van der Waals surface area contributed by atoms with Gasteiger partial charge in [-0.05, 0) is 55.2 Å². The van der Waals surface area contributed by atoms with E-state index in [4.69, 9.17) is 17.3 Å². The van der Waals surface area contributed by atoms with E-state index in [0.717, 1.165) is 5.41 Å². The van der Waals surface area contributed by atoms with Gasteiger partial charge in [-0.1, -0.05) is 11.6 Å². The highest BCUT2D eigenvalue weighted by Crippen LogP contribution is 2.65. The van der Waals surface area contributed by atoms with Crippen LogP contribution in [0.15, 0.2) is 22.0 Å². The minimum absolute atomic E-state index is 0.0535. The van der Waals surface area contributed by atoms with Gasteiger partial charge in [0.1, 0.15) is 5.82 Å². The molecule has 0 atom stereocenters. The normalized spacial score (nSPS) is 21.1. The zero-order valence-electron chi connectivity index (χ0n) is 9.67. The molecule has 0 unspecified atom stereocenters. The molecule has 0 bridgehead atoms. The SMILES string of the molecule is C1CC12CC2.NC1=Nc2cc(Cl)c(F)cc2SN1. The molecule has 1 aromatic rings.